The molecule has 0 aromatic carbocycles. The van der Waals surface area contributed by atoms with E-state index in [0.29, 0.717) is 0 Å². The third-order valence-corrected chi connectivity index (χ3v) is 4.57. The lowest BCUT2D eigenvalue weighted by Gasteiger charge is -2.30. The third kappa shape index (κ3) is 3.71. The van der Waals surface area contributed by atoms with Gasteiger partial charge >= 0.3 is 0 Å². The number of piperidine rings is 1. The molecule has 1 saturated heterocycles. The molecule has 0 saturated carbocycles. The third-order valence-electron chi connectivity index (χ3n) is 3.06. The minimum absolute atomic E-state index is 0.916. The number of thiazole rings is 1. The Morgan fingerprint density at radius 3 is 2.94 bits per heavy atom. The summed E-state index contributed by atoms with van der Waals surface area (Å²) in [7, 11) is 0. The lowest BCUT2D eigenvalue weighted by atomic mass is 9.99. The second-order valence-corrected chi connectivity index (χ2v) is 6.10. The molecule has 90 valence electrons. The highest BCUT2D eigenvalue weighted by atomic mass is 79.9. The highest BCUT2D eigenvalue weighted by Gasteiger charge is 2.14. The maximum atomic E-state index is 4.31. The molecule has 0 atom stereocenters. The van der Waals surface area contributed by atoms with E-state index >= 15 is 0 Å². The number of rotatable bonds is 4. The summed E-state index contributed by atoms with van der Waals surface area (Å²) >= 11 is 5.01. The number of nitrogens with zero attached hydrogens (tertiary/aromatic N) is 2. The van der Waals surface area contributed by atoms with Crippen LogP contribution in [-0.2, 0) is 0 Å². The number of hydrogen-bond acceptors (Lipinski definition) is 4. The van der Waals surface area contributed by atoms with Crippen LogP contribution >= 0.6 is 27.3 Å². The van der Waals surface area contributed by atoms with Crippen molar-refractivity contribution < 1.29 is 0 Å². The van der Waals surface area contributed by atoms with Gasteiger partial charge in [-0.15, -0.1) is 11.3 Å². The summed E-state index contributed by atoms with van der Waals surface area (Å²) in [6.45, 7) is 6.98. The van der Waals surface area contributed by atoms with Gasteiger partial charge in [0.1, 0.15) is 4.60 Å². The summed E-state index contributed by atoms with van der Waals surface area (Å²) in [5, 5.41) is 6.38. The van der Waals surface area contributed by atoms with Crippen molar-refractivity contribution in [2.45, 2.75) is 19.8 Å². The minimum Gasteiger partial charge on any atom is -0.360 e. The van der Waals surface area contributed by atoms with Gasteiger partial charge in [-0.2, -0.15) is 0 Å². The van der Waals surface area contributed by atoms with Crippen LogP contribution in [0.2, 0.25) is 0 Å². The van der Waals surface area contributed by atoms with Crippen molar-refractivity contribution in [2.75, 3.05) is 31.5 Å². The SMILES string of the molecule is CC1CCN(CCNc2nc(Br)cs2)CC1. The molecule has 16 heavy (non-hydrogen) atoms. The Labute approximate surface area is 109 Å². The zero-order valence-electron chi connectivity index (χ0n) is 9.58. The molecular weight excluding hydrogens is 286 g/mol. The average Bonchev–Trinajstić information content (AvgIpc) is 2.67. The van der Waals surface area contributed by atoms with Gasteiger partial charge in [-0.05, 0) is 47.8 Å². The molecule has 0 spiro atoms. The molecule has 0 aliphatic carbocycles. The van der Waals surface area contributed by atoms with Gasteiger partial charge < -0.3 is 10.2 Å². The van der Waals surface area contributed by atoms with E-state index in [4.69, 9.17) is 0 Å². The van der Waals surface area contributed by atoms with Gasteiger partial charge in [0.2, 0.25) is 0 Å². The highest BCUT2D eigenvalue weighted by molar-refractivity contribution is 9.10. The molecule has 2 heterocycles. The molecule has 1 N–H and O–H groups in total. The fraction of sp³-hybridized carbons (Fsp3) is 0.727. The number of anilines is 1. The minimum atomic E-state index is 0.916. The van der Waals surface area contributed by atoms with Crippen molar-refractivity contribution in [1.82, 2.24) is 9.88 Å². The van der Waals surface area contributed by atoms with Crippen molar-refractivity contribution >= 4 is 32.4 Å². The highest BCUT2D eigenvalue weighted by Crippen LogP contribution is 2.19. The van der Waals surface area contributed by atoms with Gasteiger partial charge in [-0.3, -0.25) is 0 Å². The van der Waals surface area contributed by atoms with E-state index in [2.05, 4.69) is 38.1 Å². The molecule has 0 amide bonds. The van der Waals surface area contributed by atoms with Gasteiger partial charge in [-0.25, -0.2) is 4.98 Å². The maximum absolute atomic E-state index is 4.31. The number of aromatic nitrogens is 1. The molecule has 1 aliphatic rings. The van der Waals surface area contributed by atoms with Crippen LogP contribution in [0.5, 0.6) is 0 Å². The number of likely N-dealkylation sites (tertiary alicyclic amines) is 1. The zero-order valence-corrected chi connectivity index (χ0v) is 12.0. The molecule has 1 aromatic rings. The van der Waals surface area contributed by atoms with Crippen molar-refractivity contribution in [1.29, 1.82) is 0 Å². The van der Waals surface area contributed by atoms with E-state index in [0.717, 1.165) is 28.7 Å². The molecule has 1 aromatic heterocycles. The van der Waals surface area contributed by atoms with E-state index in [-0.39, 0.29) is 0 Å². The second-order valence-electron chi connectivity index (χ2n) is 4.43. The van der Waals surface area contributed by atoms with Crippen molar-refractivity contribution in [2.24, 2.45) is 5.92 Å². The molecule has 0 bridgehead atoms. The van der Waals surface area contributed by atoms with E-state index in [1.807, 2.05) is 5.38 Å². The maximum Gasteiger partial charge on any atom is 0.183 e. The molecule has 1 fully saturated rings. The Morgan fingerprint density at radius 2 is 2.31 bits per heavy atom. The summed E-state index contributed by atoms with van der Waals surface area (Å²) in [5.41, 5.74) is 0. The van der Waals surface area contributed by atoms with E-state index in [9.17, 15) is 0 Å². The Hall–Kier alpha value is -0.130. The molecule has 2 rings (SSSR count). The first kappa shape index (κ1) is 12.3. The zero-order chi connectivity index (χ0) is 11.4. The van der Waals surface area contributed by atoms with Gasteiger partial charge in [0.25, 0.3) is 0 Å². The summed E-state index contributed by atoms with van der Waals surface area (Å²) in [6, 6.07) is 0. The Morgan fingerprint density at radius 1 is 1.56 bits per heavy atom. The number of halogens is 1. The Bertz CT molecular complexity index is 321. The van der Waals surface area contributed by atoms with Crippen LogP contribution in [-0.4, -0.2) is 36.1 Å². The summed E-state index contributed by atoms with van der Waals surface area (Å²) in [4.78, 5) is 6.85. The first-order valence-corrected chi connectivity index (χ1v) is 7.48. The van der Waals surface area contributed by atoms with Crippen LogP contribution in [0.15, 0.2) is 9.98 Å². The predicted molar refractivity (Wildman–Crippen MR) is 73.1 cm³/mol. The van der Waals surface area contributed by atoms with E-state index in [1.165, 1.54) is 25.9 Å². The summed E-state index contributed by atoms with van der Waals surface area (Å²) in [5.74, 6) is 0.916. The molecule has 0 unspecified atom stereocenters. The molecule has 3 nitrogen and oxygen atoms in total. The van der Waals surface area contributed by atoms with Gasteiger partial charge in [0, 0.05) is 18.5 Å². The fourth-order valence-electron chi connectivity index (χ4n) is 1.94. The first-order valence-electron chi connectivity index (χ1n) is 5.81. The van der Waals surface area contributed by atoms with Crippen molar-refractivity contribution in [3.8, 4) is 0 Å². The Balaban J connectivity index is 1.64. The van der Waals surface area contributed by atoms with Crippen molar-refractivity contribution in [3.05, 3.63) is 9.98 Å². The standard InChI is InChI=1S/C11H18BrN3S/c1-9-2-5-15(6-3-9)7-4-13-11-14-10(12)8-16-11/h8-9H,2-7H2,1H3,(H,13,14). The van der Waals surface area contributed by atoms with Crippen LogP contribution in [0.1, 0.15) is 19.8 Å². The predicted octanol–water partition coefficient (Wildman–Crippen LogP) is 3.05. The van der Waals surface area contributed by atoms with Crippen LogP contribution in [0, 0.1) is 5.92 Å². The average molecular weight is 304 g/mol. The normalized spacial score (nSPS) is 18.9. The first-order chi connectivity index (χ1) is 7.74. The quantitative estimate of drug-likeness (QED) is 0.926. The van der Waals surface area contributed by atoms with Gasteiger partial charge in [0.15, 0.2) is 5.13 Å². The topological polar surface area (TPSA) is 28.2 Å². The van der Waals surface area contributed by atoms with Gasteiger partial charge in [-0.1, -0.05) is 6.92 Å². The molecule has 1 aliphatic heterocycles. The largest absolute Gasteiger partial charge is 0.360 e. The fourth-order valence-corrected chi connectivity index (χ4v) is 3.12. The lowest BCUT2D eigenvalue weighted by molar-refractivity contribution is 0.199. The summed E-state index contributed by atoms with van der Waals surface area (Å²) < 4.78 is 0.923. The smallest absolute Gasteiger partial charge is 0.183 e. The Kier molecular flexibility index (Phi) is 4.61. The molecule has 0 radical (unpaired) electrons. The second kappa shape index (κ2) is 5.98. The molecule has 5 heteroatoms. The van der Waals surface area contributed by atoms with Crippen LogP contribution in [0.25, 0.3) is 0 Å². The van der Waals surface area contributed by atoms with Crippen LogP contribution in [0.3, 0.4) is 0 Å². The van der Waals surface area contributed by atoms with E-state index < -0.39 is 0 Å². The van der Waals surface area contributed by atoms with Gasteiger partial charge in [0.05, 0.1) is 0 Å². The van der Waals surface area contributed by atoms with Crippen LogP contribution in [0.4, 0.5) is 5.13 Å². The summed E-state index contributed by atoms with van der Waals surface area (Å²) in [6.07, 6.45) is 2.70. The number of hydrogen-bond donors (Lipinski definition) is 1. The van der Waals surface area contributed by atoms with Crippen LogP contribution < -0.4 is 5.32 Å². The monoisotopic (exact) mass is 303 g/mol. The lowest BCUT2D eigenvalue weighted by Crippen LogP contribution is -2.36. The van der Waals surface area contributed by atoms with Crippen molar-refractivity contribution in [3.63, 3.8) is 0 Å². The number of nitrogens with one attached hydrogen (secondary N) is 1. The van der Waals surface area contributed by atoms with E-state index in [1.54, 1.807) is 11.3 Å². The molecular formula is C11H18BrN3S.